The molecule has 1 N–H and O–H groups in total. The molecule has 3 rings (SSSR count). The standard InChI is InChI=1S/C18H21N3O/c1-14-11-21(12-15-5-3-2-4-6-15)13-18(14)20-10-17-8-7-16(9-19)22-17/h2-8,14,18,20H,10-13H2,1H3. The minimum Gasteiger partial charge on any atom is -0.449 e. The van der Waals surface area contributed by atoms with Crippen molar-refractivity contribution < 1.29 is 4.42 Å². The fraction of sp³-hybridized carbons (Fsp3) is 0.389. The maximum Gasteiger partial charge on any atom is 0.203 e. The summed E-state index contributed by atoms with van der Waals surface area (Å²) in [4.78, 5) is 2.49. The van der Waals surface area contributed by atoms with Gasteiger partial charge in [0.25, 0.3) is 0 Å². The van der Waals surface area contributed by atoms with Gasteiger partial charge >= 0.3 is 0 Å². The monoisotopic (exact) mass is 295 g/mol. The summed E-state index contributed by atoms with van der Waals surface area (Å²) in [6.07, 6.45) is 0. The number of nitrogens with one attached hydrogen (secondary N) is 1. The van der Waals surface area contributed by atoms with Crippen LogP contribution in [0.5, 0.6) is 0 Å². The van der Waals surface area contributed by atoms with Gasteiger partial charge in [-0.25, -0.2) is 0 Å². The first-order valence-electron chi connectivity index (χ1n) is 7.73. The van der Waals surface area contributed by atoms with E-state index in [2.05, 4.69) is 47.5 Å². The second-order valence-electron chi connectivity index (χ2n) is 6.02. The van der Waals surface area contributed by atoms with Crippen LogP contribution in [-0.4, -0.2) is 24.0 Å². The molecule has 1 fully saturated rings. The first kappa shape index (κ1) is 14.8. The Morgan fingerprint density at radius 2 is 2.05 bits per heavy atom. The lowest BCUT2D eigenvalue weighted by atomic mass is 10.1. The van der Waals surface area contributed by atoms with Crippen molar-refractivity contribution in [3.8, 4) is 6.07 Å². The van der Waals surface area contributed by atoms with Crippen molar-refractivity contribution in [2.75, 3.05) is 13.1 Å². The van der Waals surface area contributed by atoms with Gasteiger partial charge < -0.3 is 9.73 Å². The number of rotatable bonds is 5. The van der Waals surface area contributed by atoms with Crippen LogP contribution in [0.1, 0.15) is 24.0 Å². The SMILES string of the molecule is CC1CN(Cc2ccccc2)CC1NCc1ccc(C#N)o1. The highest BCUT2D eigenvalue weighted by Gasteiger charge is 2.29. The van der Waals surface area contributed by atoms with E-state index < -0.39 is 0 Å². The molecule has 2 aromatic rings. The first-order valence-corrected chi connectivity index (χ1v) is 7.73. The van der Waals surface area contributed by atoms with Crippen LogP contribution in [0.3, 0.4) is 0 Å². The number of furan rings is 1. The molecule has 2 atom stereocenters. The highest BCUT2D eigenvalue weighted by Crippen LogP contribution is 2.19. The van der Waals surface area contributed by atoms with E-state index in [-0.39, 0.29) is 0 Å². The zero-order chi connectivity index (χ0) is 15.4. The number of likely N-dealkylation sites (tertiary alicyclic amines) is 1. The number of benzene rings is 1. The van der Waals surface area contributed by atoms with Crippen molar-refractivity contribution in [3.63, 3.8) is 0 Å². The molecular formula is C18H21N3O. The summed E-state index contributed by atoms with van der Waals surface area (Å²) in [7, 11) is 0. The largest absolute Gasteiger partial charge is 0.449 e. The molecule has 1 aromatic carbocycles. The number of hydrogen-bond acceptors (Lipinski definition) is 4. The average Bonchev–Trinajstić information content (AvgIpc) is 3.13. The zero-order valence-corrected chi connectivity index (χ0v) is 12.8. The van der Waals surface area contributed by atoms with Gasteiger partial charge in [0.15, 0.2) is 0 Å². The van der Waals surface area contributed by atoms with Crippen LogP contribution in [0.15, 0.2) is 46.9 Å². The normalized spacial score (nSPS) is 21.8. The van der Waals surface area contributed by atoms with E-state index >= 15 is 0 Å². The molecule has 0 aliphatic carbocycles. The third-order valence-corrected chi connectivity index (χ3v) is 4.25. The molecule has 1 aromatic heterocycles. The minimum absolute atomic E-state index is 0.377. The maximum atomic E-state index is 8.78. The summed E-state index contributed by atoms with van der Waals surface area (Å²) in [6, 6.07) is 16.7. The minimum atomic E-state index is 0.377. The van der Waals surface area contributed by atoms with Crippen LogP contribution in [0.2, 0.25) is 0 Å². The molecule has 4 heteroatoms. The van der Waals surface area contributed by atoms with Crippen LogP contribution in [0.4, 0.5) is 0 Å². The van der Waals surface area contributed by atoms with Crippen molar-refractivity contribution in [1.29, 1.82) is 5.26 Å². The maximum absolute atomic E-state index is 8.78. The Balaban J connectivity index is 1.51. The number of hydrogen-bond donors (Lipinski definition) is 1. The van der Waals surface area contributed by atoms with E-state index in [1.54, 1.807) is 6.07 Å². The Bertz CT molecular complexity index is 644. The van der Waals surface area contributed by atoms with Crippen molar-refractivity contribution >= 4 is 0 Å². The summed E-state index contributed by atoms with van der Waals surface area (Å²) in [5.74, 6) is 1.81. The molecule has 1 aliphatic rings. The lowest BCUT2D eigenvalue weighted by Crippen LogP contribution is -2.34. The molecule has 0 saturated carbocycles. The molecule has 0 radical (unpaired) electrons. The van der Waals surface area contributed by atoms with Gasteiger partial charge in [-0.3, -0.25) is 4.90 Å². The fourth-order valence-corrected chi connectivity index (χ4v) is 3.07. The molecule has 2 unspecified atom stereocenters. The van der Waals surface area contributed by atoms with Gasteiger partial charge in [-0.2, -0.15) is 5.26 Å². The van der Waals surface area contributed by atoms with Crippen molar-refractivity contribution in [2.24, 2.45) is 5.92 Å². The average molecular weight is 295 g/mol. The molecule has 4 nitrogen and oxygen atoms in total. The second kappa shape index (κ2) is 6.78. The third-order valence-electron chi connectivity index (χ3n) is 4.25. The molecule has 2 heterocycles. The van der Waals surface area contributed by atoms with Crippen molar-refractivity contribution in [1.82, 2.24) is 10.2 Å². The Kier molecular flexibility index (Phi) is 4.57. The van der Waals surface area contributed by atoms with Gasteiger partial charge in [-0.15, -0.1) is 0 Å². The predicted molar refractivity (Wildman–Crippen MR) is 84.9 cm³/mol. The first-order chi connectivity index (χ1) is 10.7. The van der Waals surface area contributed by atoms with Crippen LogP contribution in [0, 0.1) is 17.2 Å². The van der Waals surface area contributed by atoms with Crippen LogP contribution in [-0.2, 0) is 13.1 Å². The molecule has 1 aliphatic heterocycles. The van der Waals surface area contributed by atoms with Gasteiger partial charge in [0.2, 0.25) is 5.76 Å². The molecule has 1 saturated heterocycles. The quantitative estimate of drug-likeness (QED) is 0.921. The van der Waals surface area contributed by atoms with Gasteiger partial charge in [0.1, 0.15) is 11.8 Å². The van der Waals surface area contributed by atoms with Crippen LogP contribution < -0.4 is 5.32 Å². The van der Waals surface area contributed by atoms with Crippen molar-refractivity contribution in [3.05, 3.63) is 59.5 Å². The fourth-order valence-electron chi connectivity index (χ4n) is 3.07. The van der Waals surface area contributed by atoms with Gasteiger partial charge in [-0.1, -0.05) is 37.3 Å². The van der Waals surface area contributed by atoms with Crippen molar-refractivity contribution in [2.45, 2.75) is 26.1 Å². The van der Waals surface area contributed by atoms with E-state index in [9.17, 15) is 0 Å². The van der Waals surface area contributed by atoms with Gasteiger partial charge in [0.05, 0.1) is 6.54 Å². The van der Waals surface area contributed by atoms with Gasteiger partial charge in [-0.05, 0) is 23.6 Å². The van der Waals surface area contributed by atoms with E-state index in [1.165, 1.54) is 5.56 Å². The Labute approximate surface area is 131 Å². The smallest absolute Gasteiger partial charge is 0.203 e. The van der Waals surface area contributed by atoms with E-state index in [0.717, 1.165) is 25.4 Å². The molecule has 22 heavy (non-hydrogen) atoms. The summed E-state index contributed by atoms with van der Waals surface area (Å²) in [6.45, 7) is 6.11. The van der Waals surface area contributed by atoms with E-state index in [4.69, 9.17) is 9.68 Å². The lowest BCUT2D eigenvalue weighted by molar-refractivity contribution is 0.315. The Hall–Kier alpha value is -2.09. The van der Waals surface area contributed by atoms with Crippen LogP contribution >= 0.6 is 0 Å². The molecule has 114 valence electrons. The summed E-state index contributed by atoms with van der Waals surface area (Å²) >= 11 is 0. The summed E-state index contributed by atoms with van der Waals surface area (Å²) in [5, 5.41) is 12.3. The number of nitrogens with zero attached hydrogens (tertiary/aromatic N) is 2. The third kappa shape index (κ3) is 3.56. The molecular weight excluding hydrogens is 274 g/mol. The molecule has 0 bridgehead atoms. The molecule has 0 spiro atoms. The Morgan fingerprint density at radius 1 is 1.23 bits per heavy atom. The highest BCUT2D eigenvalue weighted by molar-refractivity contribution is 5.19. The zero-order valence-electron chi connectivity index (χ0n) is 12.8. The highest BCUT2D eigenvalue weighted by atomic mass is 16.3. The van der Waals surface area contributed by atoms with E-state index in [1.807, 2.05) is 12.1 Å². The Morgan fingerprint density at radius 3 is 2.77 bits per heavy atom. The van der Waals surface area contributed by atoms with E-state index in [0.29, 0.717) is 24.3 Å². The van der Waals surface area contributed by atoms with Gasteiger partial charge in [0, 0.05) is 25.7 Å². The lowest BCUT2D eigenvalue weighted by Gasteiger charge is -2.16. The topological polar surface area (TPSA) is 52.2 Å². The second-order valence-corrected chi connectivity index (χ2v) is 6.02. The van der Waals surface area contributed by atoms with Crippen LogP contribution in [0.25, 0.3) is 0 Å². The predicted octanol–water partition coefficient (Wildman–Crippen LogP) is 2.76. The summed E-state index contributed by atoms with van der Waals surface area (Å²) < 4.78 is 5.41. The number of nitriles is 1. The molecule has 0 amide bonds. The summed E-state index contributed by atoms with van der Waals surface area (Å²) in [5.41, 5.74) is 1.36.